The van der Waals surface area contributed by atoms with Crippen LogP contribution in [-0.4, -0.2) is 31.1 Å². The number of ether oxygens (including phenoxy) is 1. The summed E-state index contributed by atoms with van der Waals surface area (Å²) in [5.41, 5.74) is 0. The maximum Gasteiger partial charge on any atom is 0.322 e. The van der Waals surface area contributed by atoms with E-state index in [1.165, 1.54) is 32.1 Å². The molecule has 20 heavy (non-hydrogen) atoms. The van der Waals surface area contributed by atoms with Gasteiger partial charge in [0.25, 0.3) is 0 Å². The average molecular weight is 294 g/mol. The molecule has 0 aliphatic heterocycles. The fraction of sp³-hybridized carbons (Fsp3) is 0.538. The quantitative estimate of drug-likeness (QED) is 0.867. The van der Waals surface area contributed by atoms with Crippen LogP contribution in [0.3, 0.4) is 0 Å². The first kappa shape index (κ1) is 13.3. The normalized spacial score (nSPS) is 16.2. The molecule has 0 radical (unpaired) electrons. The van der Waals surface area contributed by atoms with Gasteiger partial charge in [-0.2, -0.15) is 15.0 Å². The predicted molar refractivity (Wildman–Crippen MR) is 74.0 cm³/mol. The second-order valence-electron chi connectivity index (χ2n) is 4.97. The van der Waals surface area contributed by atoms with Crippen molar-refractivity contribution in [3.63, 3.8) is 0 Å². The van der Waals surface area contributed by atoms with Crippen LogP contribution in [0.2, 0.25) is 5.28 Å². The van der Waals surface area contributed by atoms with Crippen LogP contribution in [0.25, 0.3) is 5.95 Å². The van der Waals surface area contributed by atoms with Gasteiger partial charge in [-0.3, -0.25) is 4.57 Å². The third kappa shape index (κ3) is 3.25. The first-order chi connectivity index (χ1) is 9.81. The molecule has 7 heteroatoms. The Balaban J connectivity index is 1.69. The highest BCUT2D eigenvalue weighted by atomic mass is 35.5. The third-order valence-electron chi connectivity index (χ3n) is 3.48. The maximum atomic E-state index is 5.91. The van der Waals surface area contributed by atoms with Crippen molar-refractivity contribution in [3.8, 4) is 12.0 Å². The Labute approximate surface area is 122 Å². The van der Waals surface area contributed by atoms with Gasteiger partial charge in [0, 0.05) is 12.4 Å². The van der Waals surface area contributed by atoms with Gasteiger partial charge in [0.2, 0.25) is 11.2 Å². The molecule has 1 aliphatic rings. The molecule has 1 fully saturated rings. The van der Waals surface area contributed by atoms with Crippen LogP contribution < -0.4 is 4.74 Å². The molecule has 3 rings (SSSR count). The maximum absolute atomic E-state index is 5.91. The summed E-state index contributed by atoms with van der Waals surface area (Å²) in [6, 6.07) is 0.277. The van der Waals surface area contributed by atoms with Gasteiger partial charge in [-0.25, -0.2) is 4.98 Å². The molecule has 0 N–H and O–H groups in total. The highest BCUT2D eigenvalue weighted by Gasteiger charge is 2.15. The molecule has 1 aliphatic carbocycles. The fourth-order valence-electron chi connectivity index (χ4n) is 2.43. The minimum atomic E-state index is 0.127. The summed E-state index contributed by atoms with van der Waals surface area (Å²) in [4.78, 5) is 16.3. The van der Waals surface area contributed by atoms with Crippen LogP contribution in [0.1, 0.15) is 32.1 Å². The lowest BCUT2D eigenvalue weighted by Gasteiger charge is -2.20. The van der Waals surface area contributed by atoms with E-state index < -0.39 is 0 Å². The van der Waals surface area contributed by atoms with Crippen molar-refractivity contribution in [2.75, 3.05) is 6.61 Å². The Kier molecular flexibility index (Phi) is 4.11. The van der Waals surface area contributed by atoms with Gasteiger partial charge in [-0.05, 0) is 30.4 Å². The number of halogens is 1. The van der Waals surface area contributed by atoms with Gasteiger partial charge in [-0.15, -0.1) is 0 Å². The molecule has 0 spiro atoms. The second kappa shape index (κ2) is 6.17. The van der Waals surface area contributed by atoms with Crippen LogP contribution in [0.4, 0.5) is 0 Å². The van der Waals surface area contributed by atoms with Crippen molar-refractivity contribution in [2.24, 2.45) is 5.92 Å². The van der Waals surface area contributed by atoms with Crippen molar-refractivity contribution < 1.29 is 4.74 Å². The zero-order chi connectivity index (χ0) is 13.8. The lowest BCUT2D eigenvalue weighted by Crippen LogP contribution is -2.16. The van der Waals surface area contributed by atoms with Crippen molar-refractivity contribution >= 4 is 11.6 Å². The van der Waals surface area contributed by atoms with Crippen molar-refractivity contribution in [1.29, 1.82) is 0 Å². The second-order valence-corrected chi connectivity index (χ2v) is 5.31. The molecule has 0 bridgehead atoms. The molecular formula is C13H16ClN5O. The molecule has 0 amide bonds. The molecule has 2 heterocycles. The van der Waals surface area contributed by atoms with E-state index in [2.05, 4.69) is 19.9 Å². The van der Waals surface area contributed by atoms with E-state index in [4.69, 9.17) is 16.3 Å². The molecule has 106 valence electrons. The summed E-state index contributed by atoms with van der Waals surface area (Å²) >= 11 is 5.91. The predicted octanol–water partition coefficient (Wildman–Crippen LogP) is 2.67. The SMILES string of the molecule is Clc1nc(OCC2CCCCC2)nc(-n2ccnc2)n1. The molecule has 0 atom stereocenters. The molecule has 2 aromatic heterocycles. The minimum Gasteiger partial charge on any atom is -0.463 e. The Hall–Kier alpha value is -1.69. The molecule has 1 saturated carbocycles. The first-order valence-corrected chi connectivity index (χ1v) is 7.22. The summed E-state index contributed by atoms with van der Waals surface area (Å²) in [7, 11) is 0. The monoisotopic (exact) mass is 293 g/mol. The lowest BCUT2D eigenvalue weighted by atomic mass is 9.90. The van der Waals surface area contributed by atoms with Crippen LogP contribution in [0, 0.1) is 5.92 Å². The first-order valence-electron chi connectivity index (χ1n) is 6.84. The number of aromatic nitrogens is 5. The summed E-state index contributed by atoms with van der Waals surface area (Å²) in [5.74, 6) is 1.01. The number of imidazole rings is 1. The largest absolute Gasteiger partial charge is 0.463 e. The number of hydrogen-bond acceptors (Lipinski definition) is 5. The van der Waals surface area contributed by atoms with E-state index in [-0.39, 0.29) is 11.3 Å². The third-order valence-corrected chi connectivity index (χ3v) is 3.65. The summed E-state index contributed by atoms with van der Waals surface area (Å²) < 4.78 is 7.35. The minimum absolute atomic E-state index is 0.127. The molecule has 2 aromatic rings. The number of nitrogens with zero attached hydrogens (tertiary/aromatic N) is 5. The van der Waals surface area contributed by atoms with E-state index in [0.717, 1.165) is 0 Å². The summed E-state index contributed by atoms with van der Waals surface area (Å²) in [6.45, 7) is 0.643. The number of rotatable bonds is 4. The zero-order valence-corrected chi connectivity index (χ0v) is 11.8. The Bertz CT molecular complexity index is 554. The Morgan fingerprint density at radius 1 is 1.20 bits per heavy atom. The number of hydrogen-bond donors (Lipinski definition) is 0. The van der Waals surface area contributed by atoms with Gasteiger partial charge < -0.3 is 4.74 Å². The van der Waals surface area contributed by atoms with Gasteiger partial charge in [0.05, 0.1) is 6.61 Å². The topological polar surface area (TPSA) is 65.7 Å². The van der Waals surface area contributed by atoms with Crippen LogP contribution >= 0.6 is 11.6 Å². The van der Waals surface area contributed by atoms with E-state index in [1.54, 1.807) is 23.3 Å². The molecule has 6 nitrogen and oxygen atoms in total. The van der Waals surface area contributed by atoms with Crippen molar-refractivity contribution in [1.82, 2.24) is 24.5 Å². The molecular weight excluding hydrogens is 278 g/mol. The van der Waals surface area contributed by atoms with E-state index in [1.807, 2.05) is 0 Å². The molecule has 0 saturated heterocycles. The summed E-state index contributed by atoms with van der Waals surface area (Å²) in [5, 5.41) is 0.127. The Morgan fingerprint density at radius 3 is 2.80 bits per heavy atom. The summed E-state index contributed by atoms with van der Waals surface area (Å²) in [6.07, 6.45) is 11.3. The van der Waals surface area contributed by atoms with Gasteiger partial charge in [-0.1, -0.05) is 19.3 Å². The van der Waals surface area contributed by atoms with E-state index in [0.29, 0.717) is 18.5 Å². The standard InChI is InChI=1S/C13H16ClN5O/c14-11-16-12(19-7-6-15-9-19)18-13(17-11)20-8-10-4-2-1-3-5-10/h6-7,9-10H,1-5,8H2. The smallest absolute Gasteiger partial charge is 0.322 e. The van der Waals surface area contributed by atoms with Crippen LogP contribution in [-0.2, 0) is 0 Å². The van der Waals surface area contributed by atoms with Crippen LogP contribution in [0.15, 0.2) is 18.7 Å². The highest BCUT2D eigenvalue weighted by molar-refractivity contribution is 6.28. The van der Waals surface area contributed by atoms with E-state index in [9.17, 15) is 0 Å². The van der Waals surface area contributed by atoms with Crippen molar-refractivity contribution in [3.05, 3.63) is 24.0 Å². The van der Waals surface area contributed by atoms with Gasteiger partial charge >= 0.3 is 6.01 Å². The fourth-order valence-corrected chi connectivity index (χ4v) is 2.57. The Morgan fingerprint density at radius 2 is 2.05 bits per heavy atom. The molecule has 0 unspecified atom stereocenters. The highest BCUT2D eigenvalue weighted by Crippen LogP contribution is 2.24. The van der Waals surface area contributed by atoms with Crippen molar-refractivity contribution in [2.45, 2.75) is 32.1 Å². The average Bonchev–Trinajstić information content (AvgIpc) is 3.00. The lowest BCUT2D eigenvalue weighted by molar-refractivity contribution is 0.195. The van der Waals surface area contributed by atoms with E-state index >= 15 is 0 Å². The van der Waals surface area contributed by atoms with Gasteiger partial charge in [0.15, 0.2) is 0 Å². The molecule has 0 aromatic carbocycles. The van der Waals surface area contributed by atoms with Crippen LogP contribution in [0.5, 0.6) is 6.01 Å². The zero-order valence-electron chi connectivity index (χ0n) is 11.1. The van der Waals surface area contributed by atoms with Gasteiger partial charge in [0.1, 0.15) is 6.33 Å².